The number of rotatable bonds is 2. The van der Waals surface area contributed by atoms with Crippen LogP contribution in [0.15, 0.2) is 6.07 Å². The Morgan fingerprint density at radius 1 is 1.36 bits per heavy atom. The molecule has 5 heteroatoms. The van der Waals surface area contributed by atoms with E-state index in [-0.39, 0.29) is 12.0 Å². The highest BCUT2D eigenvalue weighted by atomic mass is 35.5. The van der Waals surface area contributed by atoms with Gasteiger partial charge in [-0.05, 0) is 18.6 Å². The summed E-state index contributed by atoms with van der Waals surface area (Å²) in [5.41, 5.74) is -0.223. The lowest BCUT2D eigenvalue weighted by atomic mass is 10.1. The van der Waals surface area contributed by atoms with Gasteiger partial charge in [0.15, 0.2) is 11.6 Å². The third kappa shape index (κ3) is 2.19. The van der Waals surface area contributed by atoms with Crippen molar-refractivity contribution in [3.63, 3.8) is 0 Å². The van der Waals surface area contributed by atoms with Gasteiger partial charge in [-0.25, -0.2) is 13.2 Å². The second-order valence-corrected chi connectivity index (χ2v) is 3.39. The molecule has 0 aliphatic carbocycles. The van der Waals surface area contributed by atoms with E-state index in [0.717, 1.165) is 6.07 Å². The Morgan fingerprint density at radius 2 is 1.93 bits per heavy atom. The Balaban J connectivity index is 3.19. The smallest absolute Gasteiger partial charge is 0.180 e. The maximum atomic E-state index is 13.1. The molecule has 0 spiro atoms. The standard InChI is InChI=1S/C9H8ClF3O/c1-4(14)2-5-3-6(11)7(10)9(13)8(5)12/h3-4,14H,2H2,1H3. The molecule has 1 aromatic carbocycles. The van der Waals surface area contributed by atoms with E-state index in [4.69, 9.17) is 16.7 Å². The number of hydrogen-bond acceptors (Lipinski definition) is 1. The molecule has 1 unspecified atom stereocenters. The van der Waals surface area contributed by atoms with Crippen molar-refractivity contribution in [2.75, 3.05) is 0 Å². The first-order valence-electron chi connectivity index (χ1n) is 3.93. The Hall–Kier alpha value is -0.740. The van der Waals surface area contributed by atoms with E-state index in [0.29, 0.717) is 0 Å². The Kier molecular flexibility index (Phi) is 3.39. The van der Waals surface area contributed by atoms with Crippen LogP contribution in [0.25, 0.3) is 0 Å². The number of benzene rings is 1. The quantitative estimate of drug-likeness (QED) is 0.605. The van der Waals surface area contributed by atoms with Gasteiger partial charge in [0.25, 0.3) is 0 Å². The molecule has 1 aromatic rings. The molecule has 14 heavy (non-hydrogen) atoms. The molecule has 0 radical (unpaired) electrons. The van der Waals surface area contributed by atoms with Crippen molar-refractivity contribution in [2.24, 2.45) is 0 Å². The van der Waals surface area contributed by atoms with E-state index >= 15 is 0 Å². The highest BCUT2D eigenvalue weighted by Gasteiger charge is 2.17. The van der Waals surface area contributed by atoms with Crippen LogP contribution in [0.2, 0.25) is 5.02 Å². The average Bonchev–Trinajstić information content (AvgIpc) is 2.10. The largest absolute Gasteiger partial charge is 0.393 e. The van der Waals surface area contributed by atoms with Gasteiger partial charge in [-0.15, -0.1) is 0 Å². The lowest BCUT2D eigenvalue weighted by Gasteiger charge is -2.07. The first kappa shape index (κ1) is 11.3. The summed E-state index contributed by atoms with van der Waals surface area (Å²) in [5.74, 6) is -3.65. The average molecular weight is 225 g/mol. The minimum absolute atomic E-state index is 0.156. The van der Waals surface area contributed by atoms with Crippen molar-refractivity contribution in [3.05, 3.63) is 34.1 Å². The van der Waals surface area contributed by atoms with Gasteiger partial charge in [-0.3, -0.25) is 0 Å². The summed E-state index contributed by atoms with van der Waals surface area (Å²) >= 11 is 5.14. The van der Waals surface area contributed by atoms with Crippen molar-refractivity contribution in [1.82, 2.24) is 0 Å². The molecule has 0 aliphatic heterocycles. The van der Waals surface area contributed by atoms with Crippen LogP contribution in [0.3, 0.4) is 0 Å². The van der Waals surface area contributed by atoms with Crippen molar-refractivity contribution < 1.29 is 18.3 Å². The summed E-state index contributed by atoms with van der Waals surface area (Å²) < 4.78 is 38.8. The molecule has 1 rings (SSSR count). The SMILES string of the molecule is CC(O)Cc1cc(F)c(Cl)c(F)c1F. The highest BCUT2D eigenvalue weighted by Crippen LogP contribution is 2.24. The zero-order valence-corrected chi connectivity index (χ0v) is 8.08. The van der Waals surface area contributed by atoms with Gasteiger partial charge in [-0.1, -0.05) is 11.6 Å². The lowest BCUT2D eigenvalue weighted by Crippen LogP contribution is -2.08. The zero-order valence-electron chi connectivity index (χ0n) is 7.32. The van der Waals surface area contributed by atoms with E-state index in [1.165, 1.54) is 6.92 Å². The van der Waals surface area contributed by atoms with Crippen LogP contribution >= 0.6 is 11.6 Å². The first-order chi connectivity index (χ1) is 6.43. The maximum Gasteiger partial charge on any atom is 0.180 e. The van der Waals surface area contributed by atoms with E-state index < -0.39 is 28.6 Å². The molecule has 0 saturated heterocycles. The van der Waals surface area contributed by atoms with Crippen LogP contribution in [0.5, 0.6) is 0 Å². The molecule has 1 nitrogen and oxygen atoms in total. The van der Waals surface area contributed by atoms with E-state index in [9.17, 15) is 13.2 Å². The van der Waals surface area contributed by atoms with Gasteiger partial charge in [0.2, 0.25) is 0 Å². The normalized spacial score (nSPS) is 13.0. The zero-order chi connectivity index (χ0) is 10.9. The third-order valence-corrected chi connectivity index (χ3v) is 2.04. The van der Waals surface area contributed by atoms with Gasteiger partial charge in [-0.2, -0.15) is 0 Å². The summed E-state index contributed by atoms with van der Waals surface area (Å²) in [6, 6.07) is 0.785. The van der Waals surface area contributed by atoms with E-state index in [2.05, 4.69) is 0 Å². The molecule has 0 aromatic heterocycles. The molecular weight excluding hydrogens is 217 g/mol. The van der Waals surface area contributed by atoms with Crippen LogP contribution in [0.1, 0.15) is 12.5 Å². The number of halogens is 4. The van der Waals surface area contributed by atoms with E-state index in [1.807, 2.05) is 0 Å². The van der Waals surface area contributed by atoms with Crippen LogP contribution in [-0.2, 0) is 6.42 Å². The minimum Gasteiger partial charge on any atom is -0.393 e. The number of aliphatic hydroxyl groups excluding tert-OH is 1. The second-order valence-electron chi connectivity index (χ2n) is 3.01. The molecule has 0 amide bonds. The van der Waals surface area contributed by atoms with E-state index in [1.54, 1.807) is 0 Å². The maximum absolute atomic E-state index is 13.1. The molecular formula is C9H8ClF3O. The molecule has 0 bridgehead atoms. The van der Waals surface area contributed by atoms with Crippen molar-refractivity contribution in [2.45, 2.75) is 19.4 Å². The van der Waals surface area contributed by atoms with Gasteiger partial charge < -0.3 is 5.11 Å². The molecule has 0 aliphatic rings. The third-order valence-electron chi connectivity index (χ3n) is 1.69. The van der Waals surface area contributed by atoms with Crippen LogP contribution < -0.4 is 0 Å². The van der Waals surface area contributed by atoms with Gasteiger partial charge in [0.1, 0.15) is 10.8 Å². The monoisotopic (exact) mass is 224 g/mol. The fraction of sp³-hybridized carbons (Fsp3) is 0.333. The summed E-state index contributed by atoms with van der Waals surface area (Å²) in [4.78, 5) is 0. The van der Waals surface area contributed by atoms with Crippen molar-refractivity contribution in [3.8, 4) is 0 Å². The predicted octanol–water partition coefficient (Wildman–Crippen LogP) is 2.68. The Morgan fingerprint density at radius 3 is 2.43 bits per heavy atom. The van der Waals surface area contributed by atoms with Crippen molar-refractivity contribution in [1.29, 1.82) is 0 Å². The Bertz CT molecular complexity index is 352. The van der Waals surface area contributed by atoms with Crippen molar-refractivity contribution >= 4 is 11.6 Å². The Labute approximate surface area is 84.1 Å². The van der Waals surface area contributed by atoms with Gasteiger partial charge >= 0.3 is 0 Å². The fourth-order valence-electron chi connectivity index (χ4n) is 1.09. The topological polar surface area (TPSA) is 20.2 Å². The van der Waals surface area contributed by atoms with Gasteiger partial charge in [0.05, 0.1) is 6.10 Å². The summed E-state index contributed by atoms with van der Waals surface area (Å²) in [6.45, 7) is 1.39. The number of aliphatic hydroxyl groups is 1. The lowest BCUT2D eigenvalue weighted by molar-refractivity contribution is 0.193. The summed E-state index contributed by atoms with van der Waals surface area (Å²) in [6.07, 6.45) is -1.03. The van der Waals surface area contributed by atoms with Crippen LogP contribution in [0.4, 0.5) is 13.2 Å². The first-order valence-corrected chi connectivity index (χ1v) is 4.31. The van der Waals surface area contributed by atoms with Crippen LogP contribution in [0, 0.1) is 17.5 Å². The van der Waals surface area contributed by atoms with Crippen LogP contribution in [-0.4, -0.2) is 11.2 Å². The molecule has 0 saturated carbocycles. The molecule has 0 heterocycles. The highest BCUT2D eigenvalue weighted by molar-refractivity contribution is 6.30. The summed E-state index contributed by atoms with van der Waals surface area (Å²) in [5, 5.41) is 8.07. The molecule has 1 N–H and O–H groups in total. The summed E-state index contributed by atoms with van der Waals surface area (Å²) in [7, 11) is 0. The molecule has 0 fully saturated rings. The predicted molar refractivity (Wildman–Crippen MR) is 46.7 cm³/mol. The van der Waals surface area contributed by atoms with Gasteiger partial charge in [0, 0.05) is 6.42 Å². The molecule has 78 valence electrons. The number of hydrogen-bond donors (Lipinski definition) is 1. The minimum atomic E-state index is -1.41. The molecule has 1 atom stereocenters. The fourth-order valence-corrected chi connectivity index (χ4v) is 1.23. The second kappa shape index (κ2) is 4.19.